The molecule has 0 aliphatic heterocycles. The van der Waals surface area contributed by atoms with Crippen LogP contribution in [0.25, 0.3) is 0 Å². The molecule has 0 radical (unpaired) electrons. The lowest BCUT2D eigenvalue weighted by Crippen LogP contribution is -2.17. The Morgan fingerprint density at radius 3 is 2.60 bits per heavy atom. The van der Waals surface area contributed by atoms with Gasteiger partial charge in [0.25, 0.3) is 10.0 Å². The molecule has 8 heteroatoms. The van der Waals surface area contributed by atoms with Gasteiger partial charge in [-0.3, -0.25) is 4.72 Å². The Kier molecular flexibility index (Phi) is 3.82. The molecule has 1 heterocycles. The van der Waals surface area contributed by atoms with Gasteiger partial charge in [-0.05, 0) is 31.0 Å². The number of rotatable bonds is 3. The molecule has 0 aliphatic carbocycles. The number of nitrogens with two attached hydrogens (primary N) is 1. The lowest BCUT2D eigenvalue weighted by Gasteiger charge is -2.13. The summed E-state index contributed by atoms with van der Waals surface area (Å²) in [5.41, 5.74) is 7.28. The summed E-state index contributed by atoms with van der Waals surface area (Å²) >= 11 is 5.70. The third-order valence-electron chi connectivity index (χ3n) is 2.79. The van der Waals surface area contributed by atoms with Crippen molar-refractivity contribution < 1.29 is 8.42 Å². The summed E-state index contributed by atoms with van der Waals surface area (Å²) in [6, 6.07) is 4.66. The van der Waals surface area contributed by atoms with Gasteiger partial charge in [-0.25, -0.2) is 18.4 Å². The van der Waals surface area contributed by atoms with E-state index in [-0.39, 0.29) is 15.9 Å². The summed E-state index contributed by atoms with van der Waals surface area (Å²) < 4.78 is 27.2. The predicted molar refractivity (Wildman–Crippen MR) is 78.2 cm³/mol. The Morgan fingerprint density at radius 2 is 1.95 bits per heavy atom. The number of hydrogen-bond donors (Lipinski definition) is 2. The van der Waals surface area contributed by atoms with Crippen molar-refractivity contribution in [3.05, 3.63) is 40.8 Å². The van der Waals surface area contributed by atoms with E-state index in [1.54, 1.807) is 26.0 Å². The van der Waals surface area contributed by atoms with Crippen LogP contribution in [0.2, 0.25) is 5.15 Å². The predicted octanol–water partition coefficient (Wildman–Crippen LogP) is 2.13. The van der Waals surface area contributed by atoms with E-state index in [0.29, 0.717) is 16.8 Å². The first-order valence-electron chi connectivity index (χ1n) is 5.67. The van der Waals surface area contributed by atoms with E-state index in [0.717, 1.165) is 0 Å². The highest BCUT2D eigenvalue weighted by Crippen LogP contribution is 2.26. The van der Waals surface area contributed by atoms with Crippen LogP contribution in [0, 0.1) is 13.8 Å². The minimum absolute atomic E-state index is 0.103. The highest BCUT2D eigenvalue weighted by molar-refractivity contribution is 7.92. The van der Waals surface area contributed by atoms with Crippen molar-refractivity contribution in [2.75, 3.05) is 10.5 Å². The molecule has 1 aromatic heterocycles. The van der Waals surface area contributed by atoms with Crippen molar-refractivity contribution in [2.24, 2.45) is 0 Å². The molecule has 3 N–H and O–H groups in total. The van der Waals surface area contributed by atoms with Gasteiger partial charge in [0.1, 0.15) is 17.3 Å². The molecule has 20 heavy (non-hydrogen) atoms. The zero-order chi connectivity index (χ0) is 14.9. The van der Waals surface area contributed by atoms with Crippen LogP contribution in [-0.2, 0) is 10.0 Å². The van der Waals surface area contributed by atoms with E-state index >= 15 is 0 Å². The number of nitrogen functional groups attached to an aromatic ring is 1. The van der Waals surface area contributed by atoms with E-state index in [4.69, 9.17) is 17.3 Å². The number of hydrogen-bond acceptors (Lipinski definition) is 5. The maximum atomic E-state index is 12.4. The van der Waals surface area contributed by atoms with Crippen LogP contribution in [0.4, 0.5) is 11.5 Å². The molecule has 2 aromatic rings. The van der Waals surface area contributed by atoms with Gasteiger partial charge in [-0.1, -0.05) is 17.7 Å². The van der Waals surface area contributed by atoms with Crippen molar-refractivity contribution in [2.45, 2.75) is 18.7 Å². The summed E-state index contributed by atoms with van der Waals surface area (Å²) in [7, 11) is -3.79. The van der Waals surface area contributed by atoms with Gasteiger partial charge in [-0.2, -0.15) is 0 Å². The zero-order valence-electron chi connectivity index (χ0n) is 10.9. The van der Waals surface area contributed by atoms with Crippen molar-refractivity contribution >= 4 is 33.1 Å². The summed E-state index contributed by atoms with van der Waals surface area (Å²) in [4.78, 5) is 7.65. The first kappa shape index (κ1) is 14.5. The average molecular weight is 313 g/mol. The van der Waals surface area contributed by atoms with E-state index in [1.807, 2.05) is 0 Å². The molecule has 106 valence electrons. The molecule has 2 rings (SSSR count). The smallest absolute Gasteiger partial charge is 0.263 e. The maximum absolute atomic E-state index is 12.4. The highest BCUT2D eigenvalue weighted by atomic mass is 35.5. The highest BCUT2D eigenvalue weighted by Gasteiger charge is 2.21. The molecule has 1 aromatic carbocycles. The standard InChI is InChI=1S/C12H13ClN4O2S/c1-7-3-4-9(14)8(2)12(7)20(18,19)17-11-5-10(13)15-6-16-11/h3-6H,14H2,1-2H3,(H,15,16,17). The fourth-order valence-electron chi connectivity index (χ4n) is 1.83. The van der Waals surface area contributed by atoms with E-state index < -0.39 is 10.0 Å². The number of aryl methyl sites for hydroxylation is 1. The Balaban J connectivity index is 2.49. The van der Waals surface area contributed by atoms with Gasteiger partial charge in [0, 0.05) is 11.8 Å². The van der Waals surface area contributed by atoms with Gasteiger partial charge in [-0.15, -0.1) is 0 Å². The molecule has 0 saturated carbocycles. The van der Waals surface area contributed by atoms with Crippen LogP contribution in [0.15, 0.2) is 29.4 Å². The number of nitrogens with zero attached hydrogens (tertiary/aromatic N) is 2. The number of sulfonamides is 1. The van der Waals surface area contributed by atoms with Crippen LogP contribution < -0.4 is 10.5 Å². The Bertz CT molecular complexity index is 762. The van der Waals surface area contributed by atoms with Crippen LogP contribution in [0.3, 0.4) is 0 Å². The van der Waals surface area contributed by atoms with Crippen LogP contribution in [0.1, 0.15) is 11.1 Å². The number of aromatic nitrogens is 2. The van der Waals surface area contributed by atoms with E-state index in [1.165, 1.54) is 12.4 Å². The van der Waals surface area contributed by atoms with Gasteiger partial charge in [0.15, 0.2) is 0 Å². The SMILES string of the molecule is Cc1ccc(N)c(C)c1S(=O)(=O)Nc1cc(Cl)ncn1. The minimum atomic E-state index is -3.79. The number of nitrogens with one attached hydrogen (secondary N) is 1. The molecule has 0 spiro atoms. The lowest BCUT2D eigenvalue weighted by atomic mass is 10.1. The number of benzene rings is 1. The Labute approximate surface area is 122 Å². The molecule has 0 unspecified atom stereocenters. The summed E-state index contributed by atoms with van der Waals surface area (Å²) in [6.07, 6.45) is 1.18. The lowest BCUT2D eigenvalue weighted by molar-refractivity contribution is 0.600. The van der Waals surface area contributed by atoms with Gasteiger partial charge >= 0.3 is 0 Å². The fraction of sp³-hybridized carbons (Fsp3) is 0.167. The number of anilines is 2. The van der Waals surface area contributed by atoms with E-state index in [9.17, 15) is 8.42 Å². The average Bonchev–Trinajstić information content (AvgIpc) is 2.33. The molecular formula is C12H13ClN4O2S. The van der Waals surface area contributed by atoms with Crippen LogP contribution >= 0.6 is 11.6 Å². The summed E-state index contributed by atoms with van der Waals surface area (Å²) in [5, 5.41) is 0.152. The van der Waals surface area contributed by atoms with Gasteiger partial charge in [0.05, 0.1) is 4.90 Å². The van der Waals surface area contributed by atoms with Crippen molar-refractivity contribution in [1.29, 1.82) is 0 Å². The zero-order valence-corrected chi connectivity index (χ0v) is 12.5. The van der Waals surface area contributed by atoms with Crippen LogP contribution in [-0.4, -0.2) is 18.4 Å². The van der Waals surface area contributed by atoms with Gasteiger partial charge in [0.2, 0.25) is 0 Å². The molecule has 0 amide bonds. The molecule has 0 aliphatic rings. The van der Waals surface area contributed by atoms with Gasteiger partial charge < -0.3 is 5.73 Å². The first-order valence-corrected chi connectivity index (χ1v) is 7.53. The fourth-order valence-corrected chi connectivity index (χ4v) is 3.48. The van der Waals surface area contributed by atoms with Crippen molar-refractivity contribution in [3.8, 4) is 0 Å². The molecule has 0 fully saturated rings. The van der Waals surface area contributed by atoms with Crippen LogP contribution in [0.5, 0.6) is 0 Å². The second-order valence-electron chi connectivity index (χ2n) is 4.26. The summed E-state index contributed by atoms with van der Waals surface area (Å²) in [5.74, 6) is 0.103. The topological polar surface area (TPSA) is 98.0 Å². The number of halogens is 1. The second-order valence-corrected chi connectivity index (χ2v) is 6.26. The Morgan fingerprint density at radius 1 is 1.25 bits per heavy atom. The molecular weight excluding hydrogens is 300 g/mol. The Hall–Kier alpha value is -1.86. The van der Waals surface area contributed by atoms with Crippen molar-refractivity contribution in [1.82, 2.24) is 9.97 Å². The third-order valence-corrected chi connectivity index (χ3v) is 4.64. The second kappa shape index (κ2) is 5.26. The molecule has 6 nitrogen and oxygen atoms in total. The third kappa shape index (κ3) is 2.83. The maximum Gasteiger partial charge on any atom is 0.263 e. The molecule has 0 bridgehead atoms. The quantitative estimate of drug-likeness (QED) is 0.668. The minimum Gasteiger partial charge on any atom is -0.398 e. The summed E-state index contributed by atoms with van der Waals surface area (Å²) in [6.45, 7) is 3.36. The normalized spacial score (nSPS) is 11.3. The first-order chi connectivity index (χ1) is 9.31. The molecule has 0 atom stereocenters. The van der Waals surface area contributed by atoms with Crippen molar-refractivity contribution in [3.63, 3.8) is 0 Å². The largest absolute Gasteiger partial charge is 0.398 e. The monoisotopic (exact) mass is 312 g/mol. The molecule has 0 saturated heterocycles. The van der Waals surface area contributed by atoms with E-state index in [2.05, 4.69) is 14.7 Å².